The lowest BCUT2D eigenvalue weighted by molar-refractivity contribution is -0.161. The van der Waals surface area contributed by atoms with Crippen LogP contribution in [0.25, 0.3) is 0 Å². The van der Waals surface area contributed by atoms with E-state index in [2.05, 4.69) is 174 Å². The molecule has 0 aromatic carbocycles. The van der Waals surface area contributed by atoms with Crippen LogP contribution in [0.5, 0.6) is 0 Å². The molecule has 5 unspecified atom stereocenters. The van der Waals surface area contributed by atoms with E-state index in [0.717, 1.165) is 167 Å². The number of esters is 4. The van der Waals surface area contributed by atoms with Gasteiger partial charge >= 0.3 is 39.5 Å². The minimum absolute atomic E-state index is 0.0519. The summed E-state index contributed by atoms with van der Waals surface area (Å²) >= 11 is 0. The summed E-state index contributed by atoms with van der Waals surface area (Å²) < 4.78 is 68.2. The lowest BCUT2D eigenvalue weighted by Gasteiger charge is -2.21. The second kappa shape index (κ2) is 69.9. The number of phosphoric acid groups is 2. The Morgan fingerprint density at radius 3 is 0.929 bits per heavy atom. The first-order chi connectivity index (χ1) is 47.7. The fourth-order valence-corrected chi connectivity index (χ4v) is 10.3. The summed E-state index contributed by atoms with van der Waals surface area (Å²) in [5, 5.41) is 10.6. The first-order valence-corrected chi connectivity index (χ1v) is 39.4. The molecule has 0 heterocycles. The van der Waals surface area contributed by atoms with Crippen LogP contribution in [0.15, 0.2) is 170 Å². The fraction of sp³-hybridized carbons (Fsp3) is 0.595. The Morgan fingerprint density at radius 2 is 0.571 bits per heavy atom. The van der Waals surface area contributed by atoms with Gasteiger partial charge in [-0.05, 0) is 148 Å². The molecule has 98 heavy (non-hydrogen) atoms. The molecule has 0 saturated heterocycles. The van der Waals surface area contributed by atoms with Gasteiger partial charge in [-0.3, -0.25) is 37.3 Å². The number of phosphoric ester groups is 2. The van der Waals surface area contributed by atoms with Gasteiger partial charge in [-0.25, -0.2) is 9.13 Å². The maximum atomic E-state index is 13.1. The number of hydrogen-bond donors (Lipinski definition) is 3. The second-order valence-electron chi connectivity index (χ2n) is 23.4. The van der Waals surface area contributed by atoms with Crippen molar-refractivity contribution < 1.29 is 80.2 Å². The van der Waals surface area contributed by atoms with Gasteiger partial charge in [0.05, 0.1) is 32.8 Å². The van der Waals surface area contributed by atoms with E-state index in [0.29, 0.717) is 25.7 Å². The van der Waals surface area contributed by atoms with Gasteiger partial charge in [-0.2, -0.15) is 0 Å². The molecule has 0 bridgehead atoms. The molecule has 0 radical (unpaired) electrons. The zero-order chi connectivity index (χ0) is 71.8. The summed E-state index contributed by atoms with van der Waals surface area (Å²) in [6, 6.07) is 0. The Morgan fingerprint density at radius 1 is 0.306 bits per heavy atom. The first-order valence-electron chi connectivity index (χ1n) is 36.4. The molecule has 0 spiro atoms. The molecule has 0 fully saturated rings. The molecule has 0 saturated carbocycles. The van der Waals surface area contributed by atoms with Crippen LogP contribution in [0.2, 0.25) is 0 Å². The molecule has 0 aliphatic heterocycles. The van der Waals surface area contributed by atoms with E-state index in [-0.39, 0.29) is 25.7 Å². The maximum Gasteiger partial charge on any atom is 0.472 e. The molecular weight excluding hydrogens is 1280 g/mol. The highest BCUT2D eigenvalue weighted by Crippen LogP contribution is 2.45. The van der Waals surface area contributed by atoms with Crippen molar-refractivity contribution in [3.8, 4) is 0 Å². The van der Waals surface area contributed by atoms with Gasteiger partial charge in [0.25, 0.3) is 0 Å². The topological polar surface area (TPSA) is 237 Å². The Kier molecular flexibility index (Phi) is 65.9. The van der Waals surface area contributed by atoms with Crippen molar-refractivity contribution in [2.24, 2.45) is 0 Å². The Bertz CT molecular complexity index is 2530. The molecule has 554 valence electrons. The number of aliphatic hydroxyl groups is 1. The third-order valence-electron chi connectivity index (χ3n) is 14.2. The van der Waals surface area contributed by atoms with Crippen LogP contribution in [0.4, 0.5) is 0 Å². The predicted molar refractivity (Wildman–Crippen MR) is 399 cm³/mol. The van der Waals surface area contributed by atoms with Crippen molar-refractivity contribution in [3.05, 3.63) is 170 Å². The summed E-state index contributed by atoms with van der Waals surface area (Å²) in [6.45, 7) is 4.22. The summed E-state index contributed by atoms with van der Waals surface area (Å²) in [5.41, 5.74) is 0. The molecule has 0 aromatic heterocycles. The van der Waals surface area contributed by atoms with Crippen molar-refractivity contribution in [3.63, 3.8) is 0 Å². The third-order valence-corrected chi connectivity index (χ3v) is 16.1. The zero-order valence-corrected chi connectivity index (χ0v) is 61.9. The number of carbonyl (C=O) groups excluding carboxylic acids is 4. The van der Waals surface area contributed by atoms with Crippen LogP contribution in [-0.2, 0) is 65.4 Å². The number of allylic oxidation sites excluding steroid dienone is 27. The molecular formula is C79H126O17P2. The van der Waals surface area contributed by atoms with Crippen LogP contribution in [0.3, 0.4) is 0 Å². The van der Waals surface area contributed by atoms with E-state index in [1.165, 1.54) is 0 Å². The van der Waals surface area contributed by atoms with E-state index < -0.39 is 97.5 Å². The highest BCUT2D eigenvalue weighted by molar-refractivity contribution is 7.47. The minimum Gasteiger partial charge on any atom is -0.462 e. The molecule has 5 atom stereocenters. The van der Waals surface area contributed by atoms with Crippen molar-refractivity contribution in [2.75, 3.05) is 39.6 Å². The minimum atomic E-state index is -5.01. The molecule has 19 heteroatoms. The summed E-state index contributed by atoms with van der Waals surface area (Å²) in [4.78, 5) is 72.7. The number of hydrogen-bond acceptors (Lipinski definition) is 15. The number of carbonyl (C=O) groups is 4. The van der Waals surface area contributed by atoms with Crippen molar-refractivity contribution >= 4 is 39.5 Å². The van der Waals surface area contributed by atoms with Crippen LogP contribution >= 0.6 is 15.6 Å². The lowest BCUT2D eigenvalue weighted by Crippen LogP contribution is -2.30. The fourth-order valence-electron chi connectivity index (χ4n) is 8.75. The zero-order valence-electron chi connectivity index (χ0n) is 60.1. The number of aliphatic hydroxyl groups excluding tert-OH is 1. The average molecular weight is 1410 g/mol. The highest BCUT2D eigenvalue weighted by Gasteiger charge is 2.30. The number of rotatable bonds is 66. The molecule has 0 rings (SSSR count). The molecule has 0 aliphatic rings. The van der Waals surface area contributed by atoms with E-state index in [9.17, 15) is 43.2 Å². The summed E-state index contributed by atoms with van der Waals surface area (Å²) in [5.74, 6) is -2.43. The molecule has 0 aliphatic carbocycles. The first kappa shape index (κ1) is 92.4. The Labute approximate surface area is 591 Å². The van der Waals surface area contributed by atoms with Gasteiger partial charge in [-0.1, -0.05) is 243 Å². The Hall–Kier alpha value is -5.58. The van der Waals surface area contributed by atoms with E-state index in [1.54, 1.807) is 6.08 Å². The third kappa shape index (κ3) is 68.9. The summed E-state index contributed by atoms with van der Waals surface area (Å²) in [6.07, 6.45) is 81.1. The largest absolute Gasteiger partial charge is 0.472 e. The quantitative estimate of drug-likeness (QED) is 0.0169. The number of ether oxygens (including phenoxy) is 4. The van der Waals surface area contributed by atoms with Gasteiger partial charge in [0, 0.05) is 19.3 Å². The molecule has 0 aromatic rings. The smallest absolute Gasteiger partial charge is 0.462 e. The standard InChI is InChI=1S/C79H126O17P2/c1-5-9-13-17-21-25-29-33-36-40-43-47-51-55-59-63-76(81)89-69-74(95-78(83)65-61-57-53-49-45-39-32-28-24-20-16-12-8-4)71-93-97(85,86)91-67-73(80)68-92-98(87,88)94-72-75(96-79(84)66-62-58-54-50-46-42-38-35-31-27-23-19-15-11-7-3)70-90-77(82)64-60-56-52-48-44-41-37-34-30-26-22-18-14-10-6-2/h9-11,13-16,20-23,25-28,32-38,43-44,47-48,55,59,73-75,80H,5-8,12,17-19,24,29-31,39-42,45-46,49-54,56-58,60-72H2,1-4H3,(H,85,86)(H,87,88)/b13-9-,14-10-,15-11-,20-16-,25-21-,26-22-,27-23-,32-28-,36-33-,37-34-,38-35-,47-43-,48-44-,59-55-. The van der Waals surface area contributed by atoms with Gasteiger partial charge in [0.15, 0.2) is 12.2 Å². The van der Waals surface area contributed by atoms with Crippen molar-refractivity contribution in [1.29, 1.82) is 0 Å². The monoisotopic (exact) mass is 1410 g/mol. The van der Waals surface area contributed by atoms with Gasteiger partial charge in [0.2, 0.25) is 0 Å². The van der Waals surface area contributed by atoms with Gasteiger partial charge in [0.1, 0.15) is 19.3 Å². The molecule has 17 nitrogen and oxygen atoms in total. The predicted octanol–water partition coefficient (Wildman–Crippen LogP) is 20.7. The second-order valence-corrected chi connectivity index (χ2v) is 26.3. The average Bonchev–Trinajstić information content (AvgIpc) is 0.959. The van der Waals surface area contributed by atoms with Crippen molar-refractivity contribution in [1.82, 2.24) is 0 Å². The summed E-state index contributed by atoms with van der Waals surface area (Å²) in [7, 11) is -10.0. The lowest BCUT2D eigenvalue weighted by atomic mass is 10.1. The molecule has 0 amide bonds. The maximum absolute atomic E-state index is 13.1. The number of unbranched alkanes of at least 4 members (excludes halogenated alkanes) is 13. The van der Waals surface area contributed by atoms with Crippen LogP contribution < -0.4 is 0 Å². The highest BCUT2D eigenvalue weighted by atomic mass is 31.2. The van der Waals surface area contributed by atoms with Gasteiger partial charge < -0.3 is 33.8 Å². The van der Waals surface area contributed by atoms with E-state index in [4.69, 9.17) is 37.0 Å². The Balaban J connectivity index is 5.49. The molecule has 3 N–H and O–H groups in total. The SMILES string of the molecule is CC/C=C\C/C=C\C/C=C\C/C=C\C/C=C\CC(=O)OCC(COP(=O)(O)OCC(O)COP(=O)(O)OCC(COC(=O)CCCC/C=C\C/C=C\C/C=C\C/C=C\CC)OC(=O)CCCCCCC/C=C\C/C=C\C/C=C\CC)OC(=O)CCCCCCC/C=C\C/C=C\CCC. The van der Waals surface area contributed by atoms with Crippen LogP contribution in [0.1, 0.15) is 246 Å². The van der Waals surface area contributed by atoms with Crippen LogP contribution in [-0.4, -0.2) is 96.7 Å². The van der Waals surface area contributed by atoms with Crippen LogP contribution in [0, 0.1) is 0 Å². The van der Waals surface area contributed by atoms with E-state index in [1.807, 2.05) is 18.2 Å². The van der Waals surface area contributed by atoms with Crippen molar-refractivity contribution in [2.45, 2.75) is 264 Å². The van der Waals surface area contributed by atoms with E-state index >= 15 is 0 Å². The van der Waals surface area contributed by atoms with Gasteiger partial charge in [-0.15, -0.1) is 0 Å². The normalized spacial score (nSPS) is 15.0.